The van der Waals surface area contributed by atoms with E-state index in [1.54, 1.807) is 30.3 Å². The average molecular weight is 358 g/mol. The number of carbonyl (C=O) groups excluding carboxylic acids is 1. The lowest BCUT2D eigenvalue weighted by atomic mass is 10.2. The number of amides is 1. The fourth-order valence-electron chi connectivity index (χ4n) is 1.95. The van der Waals surface area contributed by atoms with Crippen molar-refractivity contribution in [3.05, 3.63) is 52.0 Å². The number of hydrogen-bond donors (Lipinski definition) is 1. The van der Waals surface area contributed by atoms with Crippen LogP contribution in [0.15, 0.2) is 41.3 Å². The molecule has 116 valence electrons. The van der Waals surface area contributed by atoms with E-state index in [0.29, 0.717) is 26.4 Å². The van der Waals surface area contributed by atoms with Gasteiger partial charge >= 0.3 is 0 Å². The van der Waals surface area contributed by atoms with Crippen molar-refractivity contribution in [1.82, 2.24) is 0 Å². The molecule has 1 N–H and O–H groups in total. The lowest BCUT2D eigenvalue weighted by Gasteiger charge is -2.13. The van der Waals surface area contributed by atoms with Crippen molar-refractivity contribution in [2.24, 2.45) is 0 Å². The number of halogens is 2. The molecule has 0 aliphatic rings. The maximum atomic E-state index is 12.4. The molecule has 0 unspecified atom stereocenters. The van der Waals surface area contributed by atoms with Crippen LogP contribution in [-0.2, 0) is 10.8 Å². The van der Waals surface area contributed by atoms with Gasteiger partial charge < -0.3 is 10.1 Å². The molecule has 0 saturated carbocycles. The monoisotopic (exact) mass is 357 g/mol. The second-order valence-electron chi connectivity index (χ2n) is 4.37. The number of rotatable bonds is 4. The average Bonchev–Trinajstić information content (AvgIpc) is 2.46. The van der Waals surface area contributed by atoms with Crippen LogP contribution in [0, 0.1) is 0 Å². The third kappa shape index (κ3) is 3.61. The van der Waals surface area contributed by atoms with Gasteiger partial charge in [0.05, 0.1) is 39.1 Å². The Kier molecular flexibility index (Phi) is 5.45. The van der Waals surface area contributed by atoms with Crippen molar-refractivity contribution in [3.63, 3.8) is 0 Å². The summed E-state index contributed by atoms with van der Waals surface area (Å²) in [5.41, 5.74) is 0.670. The van der Waals surface area contributed by atoms with Gasteiger partial charge in [0.2, 0.25) is 0 Å². The number of anilines is 1. The SMILES string of the molecule is COc1ccc(Cl)cc1C(=O)Nc1cccc(Cl)c1[S@@](C)=O. The molecule has 0 aliphatic heterocycles. The Labute approximate surface area is 140 Å². The van der Waals surface area contributed by atoms with Crippen LogP contribution in [0.2, 0.25) is 10.0 Å². The zero-order valence-electron chi connectivity index (χ0n) is 11.9. The van der Waals surface area contributed by atoms with Crippen molar-refractivity contribution in [3.8, 4) is 5.75 Å². The zero-order chi connectivity index (χ0) is 16.3. The van der Waals surface area contributed by atoms with Gasteiger partial charge in [-0.2, -0.15) is 0 Å². The van der Waals surface area contributed by atoms with E-state index in [0.717, 1.165) is 0 Å². The summed E-state index contributed by atoms with van der Waals surface area (Å²) in [5.74, 6) is -0.0311. The van der Waals surface area contributed by atoms with Gasteiger partial charge in [-0.25, -0.2) is 0 Å². The van der Waals surface area contributed by atoms with Crippen molar-refractivity contribution in [2.45, 2.75) is 4.90 Å². The summed E-state index contributed by atoms with van der Waals surface area (Å²) in [6.45, 7) is 0. The van der Waals surface area contributed by atoms with Crippen LogP contribution < -0.4 is 10.1 Å². The number of nitrogens with one attached hydrogen (secondary N) is 1. The van der Waals surface area contributed by atoms with Crippen molar-refractivity contribution < 1.29 is 13.7 Å². The molecule has 0 spiro atoms. The van der Waals surface area contributed by atoms with Gasteiger partial charge in [-0.3, -0.25) is 9.00 Å². The molecule has 2 aromatic carbocycles. The number of carbonyl (C=O) groups is 1. The first-order chi connectivity index (χ1) is 10.4. The Balaban J connectivity index is 2.40. The lowest BCUT2D eigenvalue weighted by Crippen LogP contribution is -2.15. The summed E-state index contributed by atoms with van der Waals surface area (Å²) in [5, 5.41) is 3.44. The van der Waals surface area contributed by atoms with Gasteiger partial charge in [0, 0.05) is 11.3 Å². The minimum atomic E-state index is -1.34. The minimum Gasteiger partial charge on any atom is -0.496 e. The van der Waals surface area contributed by atoms with Crippen molar-refractivity contribution in [2.75, 3.05) is 18.7 Å². The summed E-state index contributed by atoms with van der Waals surface area (Å²) >= 11 is 12.0. The third-order valence-corrected chi connectivity index (χ3v) is 4.59. The molecule has 0 heterocycles. The Morgan fingerprint density at radius 1 is 1.23 bits per heavy atom. The predicted octanol–water partition coefficient (Wildman–Crippen LogP) is 3.99. The molecule has 2 aromatic rings. The van der Waals surface area contributed by atoms with Crippen LogP contribution >= 0.6 is 23.2 Å². The van der Waals surface area contributed by atoms with Crippen LogP contribution in [-0.4, -0.2) is 23.5 Å². The van der Waals surface area contributed by atoms with Gasteiger partial charge in [0.25, 0.3) is 5.91 Å². The van der Waals surface area contributed by atoms with E-state index in [1.165, 1.54) is 19.4 Å². The van der Waals surface area contributed by atoms with Gasteiger partial charge in [0.1, 0.15) is 5.75 Å². The van der Waals surface area contributed by atoms with E-state index in [4.69, 9.17) is 27.9 Å². The number of ether oxygens (including phenoxy) is 1. The van der Waals surface area contributed by atoms with E-state index >= 15 is 0 Å². The second-order valence-corrected chi connectivity index (χ2v) is 6.53. The molecule has 2 rings (SSSR count). The Hall–Kier alpha value is -1.56. The molecule has 1 amide bonds. The molecule has 0 aliphatic carbocycles. The lowest BCUT2D eigenvalue weighted by molar-refractivity contribution is 0.102. The van der Waals surface area contributed by atoms with Gasteiger partial charge in [-0.05, 0) is 30.3 Å². The van der Waals surface area contributed by atoms with Gasteiger partial charge in [-0.15, -0.1) is 0 Å². The van der Waals surface area contributed by atoms with E-state index in [9.17, 15) is 9.00 Å². The van der Waals surface area contributed by atoms with Crippen LogP contribution in [0.4, 0.5) is 5.69 Å². The number of methoxy groups -OCH3 is 1. The molecule has 0 radical (unpaired) electrons. The maximum absolute atomic E-state index is 12.4. The zero-order valence-corrected chi connectivity index (χ0v) is 14.2. The predicted molar refractivity (Wildman–Crippen MR) is 89.7 cm³/mol. The molecule has 0 fully saturated rings. The quantitative estimate of drug-likeness (QED) is 0.899. The van der Waals surface area contributed by atoms with E-state index in [-0.39, 0.29) is 5.56 Å². The van der Waals surface area contributed by atoms with Crippen LogP contribution in [0.3, 0.4) is 0 Å². The maximum Gasteiger partial charge on any atom is 0.259 e. The molecule has 0 aromatic heterocycles. The van der Waals surface area contributed by atoms with Crippen LogP contribution in [0.25, 0.3) is 0 Å². The van der Waals surface area contributed by atoms with E-state index in [1.807, 2.05) is 0 Å². The second kappa shape index (κ2) is 7.13. The molecule has 22 heavy (non-hydrogen) atoms. The van der Waals surface area contributed by atoms with Crippen LogP contribution in [0.1, 0.15) is 10.4 Å². The first kappa shape index (κ1) is 16.8. The molecule has 1 atom stereocenters. The summed E-state index contributed by atoms with van der Waals surface area (Å²) in [6, 6.07) is 9.66. The van der Waals surface area contributed by atoms with Crippen molar-refractivity contribution >= 4 is 45.6 Å². The number of benzene rings is 2. The highest BCUT2D eigenvalue weighted by atomic mass is 35.5. The molecular formula is C15H13Cl2NO3S. The molecule has 0 bridgehead atoms. The fourth-order valence-corrected chi connectivity index (χ4v) is 3.39. The summed E-state index contributed by atoms with van der Waals surface area (Å²) in [7, 11) is 0.124. The topological polar surface area (TPSA) is 55.4 Å². The Bertz CT molecular complexity index is 750. The first-order valence-corrected chi connectivity index (χ1v) is 8.52. The minimum absolute atomic E-state index is 0.280. The Morgan fingerprint density at radius 3 is 2.59 bits per heavy atom. The molecule has 7 heteroatoms. The standard InChI is InChI=1S/C15H13Cl2NO3S/c1-21-13-7-6-9(16)8-10(13)15(19)18-12-5-3-4-11(17)14(12)22(2)20/h3-8H,1-2H3,(H,18,19)/t22-/m1/s1. The van der Waals surface area contributed by atoms with Gasteiger partial charge in [-0.1, -0.05) is 29.3 Å². The summed E-state index contributed by atoms with van der Waals surface area (Å²) in [4.78, 5) is 12.8. The van der Waals surface area contributed by atoms with Gasteiger partial charge in [0.15, 0.2) is 0 Å². The third-order valence-electron chi connectivity index (χ3n) is 2.91. The van der Waals surface area contributed by atoms with E-state index in [2.05, 4.69) is 5.32 Å². The molecule has 0 saturated heterocycles. The first-order valence-electron chi connectivity index (χ1n) is 6.21. The van der Waals surface area contributed by atoms with E-state index < -0.39 is 16.7 Å². The normalized spacial score (nSPS) is 11.8. The highest BCUT2D eigenvalue weighted by Gasteiger charge is 2.17. The summed E-state index contributed by atoms with van der Waals surface area (Å²) < 4.78 is 17.0. The Morgan fingerprint density at radius 2 is 1.95 bits per heavy atom. The largest absolute Gasteiger partial charge is 0.496 e. The molecular weight excluding hydrogens is 345 g/mol. The van der Waals surface area contributed by atoms with Crippen LogP contribution in [0.5, 0.6) is 5.75 Å². The smallest absolute Gasteiger partial charge is 0.259 e. The van der Waals surface area contributed by atoms with Crippen molar-refractivity contribution in [1.29, 1.82) is 0 Å². The molecule has 4 nitrogen and oxygen atoms in total. The fraction of sp³-hybridized carbons (Fsp3) is 0.133. The highest BCUT2D eigenvalue weighted by molar-refractivity contribution is 7.84. The summed E-state index contributed by atoms with van der Waals surface area (Å²) in [6.07, 6.45) is 1.50. The highest BCUT2D eigenvalue weighted by Crippen LogP contribution is 2.29. The number of hydrogen-bond acceptors (Lipinski definition) is 3.